The fraction of sp³-hybridized carbons (Fsp3) is 0.421. The van der Waals surface area contributed by atoms with Crippen LogP contribution in [0.2, 0.25) is 10.0 Å². The predicted octanol–water partition coefficient (Wildman–Crippen LogP) is 3.56. The summed E-state index contributed by atoms with van der Waals surface area (Å²) in [6, 6.07) is 9.85. The molecule has 2 fully saturated rings. The molecule has 25 heavy (non-hydrogen) atoms. The van der Waals surface area contributed by atoms with Crippen LogP contribution in [0.3, 0.4) is 0 Å². The Balaban J connectivity index is 1.35. The summed E-state index contributed by atoms with van der Waals surface area (Å²) >= 11 is 12.6. The summed E-state index contributed by atoms with van der Waals surface area (Å²) in [6.07, 6.45) is 1.93. The number of hydrogen-bond acceptors (Lipinski definition) is 4. The molecule has 0 spiro atoms. The Bertz CT molecular complexity index is 744. The summed E-state index contributed by atoms with van der Waals surface area (Å²) in [5, 5.41) is 11.3. The number of likely N-dealkylation sites (tertiary alicyclic amines) is 1. The van der Waals surface area contributed by atoms with E-state index in [1.807, 2.05) is 31.3 Å². The molecule has 2 aromatic rings. The highest BCUT2D eigenvalue weighted by molar-refractivity contribution is 6.36. The Morgan fingerprint density at radius 2 is 1.84 bits per heavy atom. The molecule has 0 aliphatic carbocycles. The van der Waals surface area contributed by atoms with Gasteiger partial charge in [-0.3, -0.25) is 4.90 Å². The number of pyridine rings is 1. The number of halogens is 2. The fourth-order valence-corrected chi connectivity index (χ4v) is 4.44. The Morgan fingerprint density at radius 1 is 1.16 bits per heavy atom. The summed E-state index contributed by atoms with van der Waals surface area (Å²) in [5.41, 5.74) is 1.69. The summed E-state index contributed by atoms with van der Waals surface area (Å²) in [6.45, 7) is 5.91. The third-order valence-electron chi connectivity index (χ3n) is 4.96. The van der Waals surface area contributed by atoms with Crippen molar-refractivity contribution in [3.05, 3.63) is 57.7 Å². The average molecular weight is 378 g/mol. The van der Waals surface area contributed by atoms with Gasteiger partial charge >= 0.3 is 0 Å². The molecule has 2 saturated heterocycles. The van der Waals surface area contributed by atoms with Gasteiger partial charge in [0.25, 0.3) is 0 Å². The first-order valence-corrected chi connectivity index (χ1v) is 9.25. The maximum Gasteiger partial charge on any atom is 0.128 e. The zero-order valence-corrected chi connectivity index (χ0v) is 15.6. The summed E-state index contributed by atoms with van der Waals surface area (Å²) in [7, 11) is 0. The smallest absolute Gasteiger partial charge is 0.128 e. The van der Waals surface area contributed by atoms with E-state index >= 15 is 0 Å². The van der Waals surface area contributed by atoms with Crippen molar-refractivity contribution in [1.82, 2.24) is 9.88 Å². The molecule has 4 nitrogen and oxygen atoms in total. The molecular formula is C19H21Cl2N3O. The van der Waals surface area contributed by atoms with E-state index in [9.17, 15) is 5.11 Å². The summed E-state index contributed by atoms with van der Waals surface area (Å²) in [5.74, 6) is 1.34. The number of aromatic nitrogens is 1. The average Bonchev–Trinajstić information content (AvgIpc) is 2.48. The standard InChI is InChI=1S/C19H21Cl2N3O/c1-19(25)11-23(12-19)8-13-5-6-17(22-7-13)24-9-14(10-24)18-15(20)3-2-4-16(18)21/h2-7,14,25H,8-12H2,1H3. The van der Waals surface area contributed by atoms with Gasteiger partial charge in [0.2, 0.25) is 0 Å². The van der Waals surface area contributed by atoms with Crippen molar-refractivity contribution in [2.24, 2.45) is 0 Å². The molecule has 0 atom stereocenters. The largest absolute Gasteiger partial charge is 0.388 e. The van der Waals surface area contributed by atoms with Gasteiger partial charge in [-0.2, -0.15) is 0 Å². The first-order valence-electron chi connectivity index (χ1n) is 8.50. The highest BCUT2D eigenvalue weighted by Crippen LogP contribution is 2.38. The SMILES string of the molecule is CC1(O)CN(Cc2ccc(N3CC(c4c(Cl)cccc4Cl)C3)nc2)C1. The van der Waals surface area contributed by atoms with Crippen molar-refractivity contribution in [2.75, 3.05) is 31.1 Å². The Morgan fingerprint density at radius 3 is 2.40 bits per heavy atom. The maximum absolute atomic E-state index is 9.79. The van der Waals surface area contributed by atoms with E-state index in [-0.39, 0.29) is 0 Å². The van der Waals surface area contributed by atoms with Crippen LogP contribution < -0.4 is 4.90 Å². The van der Waals surface area contributed by atoms with Crippen molar-refractivity contribution >= 4 is 29.0 Å². The molecule has 4 rings (SSSR count). The summed E-state index contributed by atoms with van der Waals surface area (Å²) < 4.78 is 0. The number of aliphatic hydroxyl groups is 1. The third kappa shape index (κ3) is 3.49. The van der Waals surface area contributed by atoms with Gasteiger partial charge < -0.3 is 10.0 Å². The van der Waals surface area contributed by atoms with Crippen LogP contribution in [0.5, 0.6) is 0 Å². The van der Waals surface area contributed by atoms with E-state index in [1.165, 1.54) is 5.56 Å². The molecule has 2 aliphatic rings. The van der Waals surface area contributed by atoms with Gasteiger partial charge in [-0.1, -0.05) is 35.3 Å². The van der Waals surface area contributed by atoms with E-state index in [4.69, 9.17) is 23.2 Å². The van der Waals surface area contributed by atoms with Crippen LogP contribution in [0.25, 0.3) is 0 Å². The molecule has 132 valence electrons. The van der Waals surface area contributed by atoms with E-state index < -0.39 is 5.60 Å². The number of nitrogens with zero attached hydrogens (tertiary/aromatic N) is 3. The van der Waals surface area contributed by atoms with Gasteiger partial charge in [0.15, 0.2) is 0 Å². The van der Waals surface area contributed by atoms with E-state index in [1.54, 1.807) is 0 Å². The van der Waals surface area contributed by atoms with Crippen LogP contribution in [-0.2, 0) is 6.54 Å². The van der Waals surface area contributed by atoms with Crippen LogP contribution in [0.1, 0.15) is 24.0 Å². The fourth-order valence-electron chi connectivity index (χ4n) is 3.73. The number of rotatable bonds is 4. The molecule has 1 aromatic carbocycles. The second-order valence-electron chi connectivity index (χ2n) is 7.40. The Kier molecular flexibility index (Phi) is 4.40. The highest BCUT2D eigenvalue weighted by Gasteiger charge is 2.36. The molecule has 1 aromatic heterocycles. The molecule has 3 heterocycles. The molecule has 1 N–H and O–H groups in total. The monoisotopic (exact) mass is 377 g/mol. The van der Waals surface area contributed by atoms with E-state index in [2.05, 4.69) is 26.9 Å². The molecular weight excluding hydrogens is 357 g/mol. The van der Waals surface area contributed by atoms with E-state index in [0.717, 1.165) is 54.2 Å². The van der Waals surface area contributed by atoms with Crippen molar-refractivity contribution in [3.8, 4) is 0 Å². The topological polar surface area (TPSA) is 39.6 Å². The van der Waals surface area contributed by atoms with Crippen molar-refractivity contribution in [3.63, 3.8) is 0 Å². The second kappa shape index (κ2) is 6.44. The molecule has 0 bridgehead atoms. The lowest BCUT2D eigenvalue weighted by molar-refractivity contribution is -0.0871. The van der Waals surface area contributed by atoms with Crippen LogP contribution in [-0.4, -0.2) is 46.8 Å². The summed E-state index contributed by atoms with van der Waals surface area (Å²) in [4.78, 5) is 9.05. The minimum absolute atomic E-state index is 0.353. The van der Waals surface area contributed by atoms with Crippen LogP contribution in [0, 0.1) is 0 Å². The van der Waals surface area contributed by atoms with Gasteiger partial charge in [-0.05, 0) is 36.2 Å². The first-order chi connectivity index (χ1) is 11.9. The van der Waals surface area contributed by atoms with Crippen LogP contribution in [0.4, 0.5) is 5.82 Å². The van der Waals surface area contributed by atoms with Gasteiger partial charge in [-0.25, -0.2) is 4.98 Å². The molecule has 0 saturated carbocycles. The first kappa shape index (κ1) is 17.1. The second-order valence-corrected chi connectivity index (χ2v) is 8.22. The normalized spacial score (nSPS) is 20.2. The Labute approximate surface area is 158 Å². The molecule has 0 unspecified atom stereocenters. The zero-order valence-electron chi connectivity index (χ0n) is 14.1. The quantitative estimate of drug-likeness (QED) is 0.883. The van der Waals surface area contributed by atoms with Gasteiger partial charge in [0, 0.05) is 54.9 Å². The van der Waals surface area contributed by atoms with Gasteiger partial charge in [0.1, 0.15) is 5.82 Å². The lowest BCUT2D eigenvalue weighted by Gasteiger charge is -2.44. The van der Waals surface area contributed by atoms with Crippen molar-refractivity contribution in [2.45, 2.75) is 25.0 Å². The number of hydrogen-bond donors (Lipinski definition) is 1. The van der Waals surface area contributed by atoms with Gasteiger partial charge in [-0.15, -0.1) is 0 Å². The maximum atomic E-state index is 9.79. The number of anilines is 1. The number of β-amino-alcohol motifs (C(OH)–C–C–N with tert-alkyl or cyclic N) is 1. The number of benzene rings is 1. The van der Waals surface area contributed by atoms with Gasteiger partial charge in [0.05, 0.1) is 5.60 Å². The minimum Gasteiger partial charge on any atom is -0.388 e. The predicted molar refractivity (Wildman–Crippen MR) is 102 cm³/mol. The lowest BCUT2D eigenvalue weighted by Crippen LogP contribution is -2.59. The zero-order chi connectivity index (χ0) is 17.6. The molecule has 6 heteroatoms. The van der Waals surface area contributed by atoms with E-state index in [0.29, 0.717) is 5.92 Å². The third-order valence-corrected chi connectivity index (χ3v) is 5.62. The minimum atomic E-state index is -0.528. The molecule has 0 radical (unpaired) electrons. The lowest BCUT2D eigenvalue weighted by atomic mass is 9.91. The van der Waals surface area contributed by atoms with Crippen molar-refractivity contribution < 1.29 is 5.11 Å². The van der Waals surface area contributed by atoms with Crippen molar-refractivity contribution in [1.29, 1.82) is 0 Å². The Hall–Kier alpha value is -1.33. The highest BCUT2D eigenvalue weighted by atomic mass is 35.5. The molecule has 0 amide bonds. The molecule has 2 aliphatic heterocycles. The van der Waals surface area contributed by atoms with Crippen LogP contribution in [0.15, 0.2) is 36.5 Å². The van der Waals surface area contributed by atoms with Crippen LogP contribution >= 0.6 is 23.2 Å².